The third kappa shape index (κ3) is 7.31. The van der Waals surface area contributed by atoms with Crippen LogP contribution >= 0.6 is 12.6 Å². The molecule has 1 nitrogen and oxygen atoms in total. The molecule has 0 aromatic heterocycles. The topological polar surface area (TPSA) is 26.0 Å². The van der Waals surface area contributed by atoms with Gasteiger partial charge in [0.1, 0.15) is 0 Å². The van der Waals surface area contributed by atoms with Crippen molar-refractivity contribution in [2.75, 3.05) is 11.5 Å². The first-order chi connectivity index (χ1) is 9.22. The van der Waals surface area contributed by atoms with Crippen molar-refractivity contribution in [1.29, 1.82) is 0 Å². The third-order valence-electron chi connectivity index (χ3n) is 2.95. The molecule has 1 unspecified atom stereocenters. The Balaban J connectivity index is 0.000000573. The molecule has 0 saturated heterocycles. The lowest BCUT2D eigenvalue weighted by Crippen LogP contribution is -2.00. The first-order valence-electron chi connectivity index (χ1n) is 7.30. The van der Waals surface area contributed by atoms with Gasteiger partial charge in [-0.05, 0) is 54.5 Å². The molecule has 1 fully saturated rings. The Bertz CT molecular complexity index is 345. The first kappa shape index (κ1) is 18.1. The second-order valence-corrected chi connectivity index (χ2v) is 5.09. The summed E-state index contributed by atoms with van der Waals surface area (Å²) in [5.74, 6) is 2.46. The minimum Gasteiger partial charge on any atom is -0.399 e. The van der Waals surface area contributed by atoms with E-state index in [-0.39, 0.29) is 0 Å². The quantitative estimate of drug-likeness (QED) is 0.436. The maximum absolute atomic E-state index is 5.79. The van der Waals surface area contributed by atoms with Gasteiger partial charge in [0.2, 0.25) is 0 Å². The fourth-order valence-electron chi connectivity index (χ4n) is 2.07. The van der Waals surface area contributed by atoms with Gasteiger partial charge in [-0.2, -0.15) is 12.6 Å². The van der Waals surface area contributed by atoms with E-state index >= 15 is 0 Å². The van der Waals surface area contributed by atoms with Crippen molar-refractivity contribution >= 4 is 18.3 Å². The van der Waals surface area contributed by atoms with Crippen molar-refractivity contribution in [2.24, 2.45) is 5.92 Å². The molecule has 1 atom stereocenters. The molecule has 2 heteroatoms. The molecule has 0 aliphatic heterocycles. The Morgan fingerprint density at radius 3 is 2.42 bits per heavy atom. The molecule has 0 radical (unpaired) electrons. The number of hydrogen-bond donors (Lipinski definition) is 2. The summed E-state index contributed by atoms with van der Waals surface area (Å²) in [5.41, 5.74) is 8.04. The van der Waals surface area contributed by atoms with Crippen molar-refractivity contribution in [1.82, 2.24) is 0 Å². The van der Waals surface area contributed by atoms with E-state index < -0.39 is 0 Å². The lowest BCUT2D eigenvalue weighted by Gasteiger charge is -2.14. The summed E-state index contributed by atoms with van der Waals surface area (Å²) in [6, 6.07) is 8.28. The van der Waals surface area contributed by atoms with E-state index in [1.165, 1.54) is 18.4 Å². The first-order valence-corrected chi connectivity index (χ1v) is 7.93. The third-order valence-corrected chi connectivity index (χ3v) is 2.95. The zero-order valence-electron chi connectivity index (χ0n) is 12.6. The number of rotatable bonds is 4. The molecule has 1 aliphatic carbocycles. The summed E-state index contributed by atoms with van der Waals surface area (Å²) >= 11 is 3.79. The Labute approximate surface area is 124 Å². The van der Waals surface area contributed by atoms with Gasteiger partial charge in [0.05, 0.1) is 0 Å². The van der Waals surface area contributed by atoms with Crippen molar-refractivity contribution in [2.45, 2.75) is 46.0 Å². The van der Waals surface area contributed by atoms with Crippen molar-refractivity contribution in [3.8, 4) is 0 Å². The van der Waals surface area contributed by atoms with Crippen LogP contribution in [0.2, 0.25) is 0 Å². The Hall–Kier alpha value is -0.890. The van der Waals surface area contributed by atoms with E-state index in [0.717, 1.165) is 23.8 Å². The fourth-order valence-corrected chi connectivity index (χ4v) is 2.07. The fraction of sp³-hybridized carbons (Fsp3) is 0.529. The maximum atomic E-state index is 5.79. The molecule has 0 spiro atoms. The van der Waals surface area contributed by atoms with Gasteiger partial charge in [-0.25, -0.2) is 0 Å². The molecule has 19 heavy (non-hydrogen) atoms. The smallest absolute Gasteiger partial charge is 0.0316 e. The van der Waals surface area contributed by atoms with Gasteiger partial charge in [0, 0.05) is 5.69 Å². The number of anilines is 1. The minimum atomic E-state index is 0.649. The summed E-state index contributed by atoms with van der Waals surface area (Å²) in [6.07, 6.45) is 5.83. The van der Waals surface area contributed by atoms with Crippen LogP contribution in [0.25, 0.3) is 0 Å². The van der Waals surface area contributed by atoms with Crippen LogP contribution in [0.1, 0.15) is 51.5 Å². The molecule has 1 aromatic carbocycles. The highest BCUT2D eigenvalue weighted by atomic mass is 32.1. The Morgan fingerprint density at radius 1 is 1.42 bits per heavy atom. The molecule has 2 rings (SSSR count). The van der Waals surface area contributed by atoms with Crippen molar-refractivity contribution < 1.29 is 0 Å². The van der Waals surface area contributed by atoms with Crippen LogP contribution in [-0.4, -0.2) is 5.75 Å². The second-order valence-electron chi connectivity index (χ2n) is 4.45. The lowest BCUT2D eigenvalue weighted by atomic mass is 9.91. The van der Waals surface area contributed by atoms with E-state index in [9.17, 15) is 0 Å². The average molecular weight is 279 g/mol. The molecular formula is C17H29NS. The number of allylic oxidation sites excluding steroid dienone is 1. The molecule has 1 aliphatic rings. The summed E-state index contributed by atoms with van der Waals surface area (Å²) in [4.78, 5) is 0. The number of nitrogen functional groups attached to an aromatic ring is 1. The summed E-state index contributed by atoms with van der Waals surface area (Å²) < 4.78 is 0. The minimum absolute atomic E-state index is 0.649. The number of nitrogens with two attached hydrogens (primary N) is 1. The van der Waals surface area contributed by atoms with Crippen LogP contribution in [0.3, 0.4) is 0 Å². The highest BCUT2D eigenvalue weighted by Crippen LogP contribution is 2.44. The molecule has 1 aromatic rings. The molecule has 0 heterocycles. The number of benzene rings is 1. The molecule has 0 bridgehead atoms. The van der Waals surface area contributed by atoms with Crippen LogP contribution in [0, 0.1) is 5.92 Å². The van der Waals surface area contributed by atoms with Crippen LogP contribution in [0.4, 0.5) is 5.69 Å². The Kier molecular flexibility index (Phi) is 10.5. The van der Waals surface area contributed by atoms with Crippen LogP contribution < -0.4 is 5.73 Å². The molecule has 108 valence electrons. The maximum Gasteiger partial charge on any atom is 0.0316 e. The van der Waals surface area contributed by atoms with Gasteiger partial charge in [0.15, 0.2) is 0 Å². The van der Waals surface area contributed by atoms with E-state index in [1.807, 2.05) is 39.0 Å². The molecular weight excluding hydrogens is 250 g/mol. The van der Waals surface area contributed by atoms with Gasteiger partial charge >= 0.3 is 0 Å². The largest absolute Gasteiger partial charge is 0.399 e. The molecule has 1 saturated carbocycles. The highest BCUT2D eigenvalue weighted by Gasteiger charge is 2.31. The van der Waals surface area contributed by atoms with E-state index in [2.05, 4.69) is 31.3 Å². The van der Waals surface area contributed by atoms with Gasteiger partial charge in [-0.15, -0.1) is 6.58 Å². The van der Waals surface area contributed by atoms with Gasteiger partial charge in [0.25, 0.3) is 0 Å². The summed E-state index contributed by atoms with van der Waals surface area (Å²) in [7, 11) is 0. The van der Waals surface area contributed by atoms with Crippen LogP contribution in [0.15, 0.2) is 36.9 Å². The van der Waals surface area contributed by atoms with E-state index in [1.54, 1.807) is 0 Å². The number of hydrogen-bond acceptors (Lipinski definition) is 2. The van der Waals surface area contributed by atoms with Crippen LogP contribution in [0.5, 0.6) is 0 Å². The van der Waals surface area contributed by atoms with Crippen molar-refractivity contribution in [3.05, 3.63) is 42.5 Å². The SMILES string of the molecule is C=CCC(c1cccc(N)c1)C1CC1.CC.CCS. The normalized spacial score (nSPS) is 14.3. The second kappa shape index (κ2) is 11.0. The zero-order chi connectivity index (χ0) is 14.7. The van der Waals surface area contributed by atoms with Gasteiger partial charge in [-0.1, -0.05) is 39.0 Å². The monoisotopic (exact) mass is 279 g/mol. The average Bonchev–Trinajstić information content (AvgIpc) is 3.23. The predicted octanol–water partition coefficient (Wildman–Crippen LogP) is 5.30. The van der Waals surface area contributed by atoms with Gasteiger partial charge < -0.3 is 5.73 Å². The zero-order valence-corrected chi connectivity index (χ0v) is 13.5. The van der Waals surface area contributed by atoms with E-state index in [0.29, 0.717) is 5.92 Å². The van der Waals surface area contributed by atoms with Crippen LogP contribution in [-0.2, 0) is 0 Å². The summed E-state index contributed by atoms with van der Waals surface area (Å²) in [5, 5.41) is 0. The Morgan fingerprint density at radius 2 is 2.00 bits per heavy atom. The van der Waals surface area contributed by atoms with E-state index in [4.69, 9.17) is 5.73 Å². The summed E-state index contributed by atoms with van der Waals surface area (Å²) in [6.45, 7) is 9.82. The highest BCUT2D eigenvalue weighted by molar-refractivity contribution is 7.80. The number of thiol groups is 1. The van der Waals surface area contributed by atoms with Gasteiger partial charge in [-0.3, -0.25) is 0 Å². The van der Waals surface area contributed by atoms with Crippen molar-refractivity contribution in [3.63, 3.8) is 0 Å². The molecule has 0 amide bonds. The standard InChI is InChI=1S/C13H17N.C2H6S.C2H6/c1-2-4-13(10-7-8-10)11-5-3-6-12(14)9-11;1-2-3;1-2/h2-3,5-6,9-10,13H,1,4,7-8,14H2;3H,2H2,1H3;1-2H3. The predicted molar refractivity (Wildman–Crippen MR) is 92.0 cm³/mol. The lowest BCUT2D eigenvalue weighted by molar-refractivity contribution is 0.614. The molecule has 2 N–H and O–H groups in total.